The molecule has 2 N–H and O–H groups in total. The number of hydrogen-bond donors (Lipinski definition) is 2. The van der Waals surface area contributed by atoms with E-state index >= 15 is 0 Å². The molecule has 0 unspecified atom stereocenters. The predicted octanol–water partition coefficient (Wildman–Crippen LogP) is 9.71. The summed E-state index contributed by atoms with van der Waals surface area (Å²) in [6, 6.07) is 26.6. The van der Waals surface area contributed by atoms with Gasteiger partial charge >= 0.3 is 21.5 Å². The number of esters is 1. The SMILES string of the molecule is CCC(C)(C)C(=O)OCc1cccc(C)c1/N=c1\ccc2c(-c3ccccc3S(=O)(=O)NS(=O)(=O)C(F)(F)F)c3ccc(Nc4c(C)cccc4C)cc3oc-2c1. The van der Waals surface area contributed by atoms with Gasteiger partial charge < -0.3 is 14.5 Å². The van der Waals surface area contributed by atoms with Crippen LogP contribution in [0.15, 0.2) is 111 Å². The van der Waals surface area contributed by atoms with E-state index in [1.807, 2.05) is 77.9 Å². The lowest BCUT2D eigenvalue weighted by Gasteiger charge is -2.21. The van der Waals surface area contributed by atoms with Crippen LogP contribution < -0.4 is 14.8 Å². The van der Waals surface area contributed by atoms with Gasteiger partial charge in [-0.25, -0.2) is 21.8 Å². The zero-order valence-corrected chi connectivity index (χ0v) is 33.5. The molecule has 0 saturated carbocycles. The lowest BCUT2D eigenvalue weighted by atomic mass is 9.91. The number of nitrogens with zero attached hydrogens (tertiary/aromatic N) is 1. The van der Waals surface area contributed by atoms with Crippen molar-refractivity contribution in [2.75, 3.05) is 5.32 Å². The largest absolute Gasteiger partial charge is 0.512 e. The maximum atomic E-state index is 13.5. The number of ether oxygens (including phenoxy) is 1. The topological polar surface area (TPSA) is 144 Å². The van der Waals surface area contributed by atoms with Crippen LogP contribution in [0.2, 0.25) is 0 Å². The van der Waals surface area contributed by atoms with Crippen LogP contribution in [0.1, 0.15) is 49.4 Å². The van der Waals surface area contributed by atoms with E-state index in [0.717, 1.165) is 32.6 Å². The number of rotatable bonds is 11. The third-order valence-corrected chi connectivity index (χ3v) is 13.1. The highest BCUT2D eigenvalue weighted by Crippen LogP contribution is 2.43. The number of sulfonamides is 2. The first-order valence-corrected chi connectivity index (χ1v) is 20.8. The highest BCUT2D eigenvalue weighted by Gasteiger charge is 2.48. The van der Waals surface area contributed by atoms with Crippen LogP contribution in [0.4, 0.5) is 30.2 Å². The van der Waals surface area contributed by atoms with Gasteiger partial charge in [-0.15, -0.1) is 0 Å². The number of fused-ring (bicyclic) bond motifs is 2. The first-order valence-electron chi connectivity index (χ1n) is 17.8. The third kappa shape index (κ3) is 8.46. The fourth-order valence-corrected chi connectivity index (χ4v) is 8.83. The quantitative estimate of drug-likeness (QED) is 0.0972. The van der Waals surface area contributed by atoms with Crippen molar-refractivity contribution in [1.29, 1.82) is 0 Å². The Labute approximate surface area is 328 Å². The van der Waals surface area contributed by atoms with Gasteiger partial charge in [0.15, 0.2) is 0 Å². The Balaban J connectivity index is 1.57. The van der Waals surface area contributed by atoms with Crippen LogP contribution >= 0.6 is 0 Å². The summed E-state index contributed by atoms with van der Waals surface area (Å²) in [4.78, 5) is 17.0. The molecule has 15 heteroatoms. The van der Waals surface area contributed by atoms with Crippen LogP contribution in [0.3, 0.4) is 0 Å². The molecule has 1 aliphatic heterocycles. The molecule has 2 aliphatic rings. The lowest BCUT2D eigenvalue weighted by molar-refractivity contribution is -0.155. The summed E-state index contributed by atoms with van der Waals surface area (Å²) >= 11 is 0. The van der Waals surface area contributed by atoms with Crippen LogP contribution in [-0.2, 0) is 36.2 Å². The van der Waals surface area contributed by atoms with E-state index in [0.29, 0.717) is 39.7 Å². The Morgan fingerprint density at radius 2 is 1.47 bits per heavy atom. The standard InChI is InChI=1S/C42H40F3N3O7S2/c1-7-41(5,6)40(49)54-24-28-15-11-14-27(4)39(28)47-30-19-21-32-35(23-30)55-34-22-29(46-38-25(2)12-10-13-26(38)3)18-20-31(34)37(32)33-16-8-9-17-36(33)56(50,51)48-57(52,53)42(43,44)45/h8-23,46,48H,7,24H2,1-6H3/b47-30+. The van der Waals surface area contributed by atoms with Crippen molar-refractivity contribution in [3.63, 3.8) is 0 Å². The molecule has 10 nitrogen and oxygen atoms in total. The minimum atomic E-state index is -6.30. The second-order valence-corrected chi connectivity index (χ2v) is 17.9. The van der Waals surface area contributed by atoms with Crippen molar-refractivity contribution >= 4 is 54.0 Å². The van der Waals surface area contributed by atoms with E-state index in [1.54, 1.807) is 36.4 Å². The molecule has 0 spiro atoms. The number of benzene rings is 5. The number of carbonyl (C=O) groups excluding carboxylic acids is 1. The first-order chi connectivity index (χ1) is 26.7. The molecule has 6 rings (SSSR count). The van der Waals surface area contributed by atoms with Gasteiger partial charge in [0.05, 0.1) is 21.4 Å². The second-order valence-electron chi connectivity index (χ2n) is 14.3. The van der Waals surface area contributed by atoms with Gasteiger partial charge in [-0.3, -0.25) is 4.79 Å². The fraction of sp³-hybridized carbons (Fsp3) is 0.238. The predicted molar refractivity (Wildman–Crippen MR) is 213 cm³/mol. The molecule has 0 saturated heterocycles. The summed E-state index contributed by atoms with van der Waals surface area (Å²) in [5.41, 5.74) is -0.261. The summed E-state index contributed by atoms with van der Waals surface area (Å²) in [5.74, 6) is -0.112. The van der Waals surface area contributed by atoms with Gasteiger partial charge in [0.2, 0.25) is 0 Å². The Morgan fingerprint density at radius 1 is 0.807 bits per heavy atom. The van der Waals surface area contributed by atoms with Crippen molar-refractivity contribution in [3.05, 3.63) is 125 Å². The molecule has 0 fully saturated rings. The van der Waals surface area contributed by atoms with Gasteiger partial charge in [0.25, 0.3) is 10.0 Å². The Kier molecular flexibility index (Phi) is 11.1. The average Bonchev–Trinajstić information content (AvgIpc) is 3.14. The zero-order chi connectivity index (χ0) is 41.5. The molecule has 298 valence electrons. The van der Waals surface area contributed by atoms with E-state index in [4.69, 9.17) is 14.1 Å². The van der Waals surface area contributed by atoms with Crippen molar-refractivity contribution in [2.24, 2.45) is 10.4 Å². The molecule has 0 bridgehead atoms. The minimum absolute atomic E-state index is 0.0188. The molecule has 57 heavy (non-hydrogen) atoms. The number of nitrogens with one attached hydrogen (secondary N) is 2. The molecule has 0 radical (unpaired) electrons. The van der Waals surface area contributed by atoms with Crippen LogP contribution in [-0.4, -0.2) is 28.3 Å². The number of halogens is 3. The highest BCUT2D eigenvalue weighted by molar-refractivity contribution is 8.05. The van der Waals surface area contributed by atoms with Crippen molar-refractivity contribution in [3.8, 4) is 22.5 Å². The zero-order valence-electron chi connectivity index (χ0n) is 31.9. The molecule has 1 aliphatic carbocycles. The summed E-state index contributed by atoms with van der Waals surface area (Å²) in [6.07, 6.45) is 0.594. The summed E-state index contributed by atoms with van der Waals surface area (Å²) in [5, 5.41) is 4.23. The minimum Gasteiger partial charge on any atom is -0.460 e. The summed E-state index contributed by atoms with van der Waals surface area (Å²) in [7, 11) is -11.6. The van der Waals surface area contributed by atoms with Gasteiger partial charge in [0.1, 0.15) is 18.0 Å². The highest BCUT2D eigenvalue weighted by atomic mass is 32.3. The summed E-state index contributed by atoms with van der Waals surface area (Å²) < 4.78 is 104. The second kappa shape index (κ2) is 15.4. The van der Waals surface area contributed by atoms with Gasteiger partial charge in [0, 0.05) is 51.1 Å². The molecular formula is C42H40F3N3O7S2. The molecule has 4 aromatic rings. The van der Waals surface area contributed by atoms with E-state index in [-0.39, 0.29) is 35.0 Å². The van der Waals surface area contributed by atoms with E-state index in [1.165, 1.54) is 18.2 Å². The summed E-state index contributed by atoms with van der Waals surface area (Å²) in [6.45, 7) is 11.3. The molecule has 0 aromatic heterocycles. The molecular weight excluding hydrogens is 780 g/mol. The van der Waals surface area contributed by atoms with Crippen molar-refractivity contribution in [1.82, 2.24) is 4.13 Å². The fourth-order valence-electron chi connectivity index (χ4n) is 6.22. The van der Waals surface area contributed by atoms with Crippen LogP contribution in [0.25, 0.3) is 33.4 Å². The van der Waals surface area contributed by atoms with Gasteiger partial charge in [-0.2, -0.15) is 13.2 Å². The number of carbonyl (C=O) groups is 1. The average molecular weight is 820 g/mol. The van der Waals surface area contributed by atoms with Crippen LogP contribution in [0, 0.1) is 26.2 Å². The number of alkyl halides is 3. The Morgan fingerprint density at radius 3 is 2.16 bits per heavy atom. The monoisotopic (exact) mass is 819 g/mol. The number of aryl methyl sites for hydroxylation is 3. The molecule has 1 heterocycles. The van der Waals surface area contributed by atoms with Crippen molar-refractivity contribution in [2.45, 2.75) is 65.0 Å². The van der Waals surface area contributed by atoms with Gasteiger partial charge in [-0.05, 0) is 88.1 Å². The normalized spacial score (nSPS) is 13.0. The van der Waals surface area contributed by atoms with Gasteiger partial charge in [-0.1, -0.05) is 65.6 Å². The first kappa shape index (κ1) is 41.1. The third-order valence-electron chi connectivity index (χ3n) is 9.78. The number of para-hydroxylation sites is 2. The lowest BCUT2D eigenvalue weighted by Crippen LogP contribution is -2.40. The maximum Gasteiger partial charge on any atom is 0.512 e. The molecule has 0 amide bonds. The van der Waals surface area contributed by atoms with E-state index in [2.05, 4.69) is 5.32 Å². The smallest absolute Gasteiger partial charge is 0.460 e. The van der Waals surface area contributed by atoms with Crippen molar-refractivity contribution < 1.29 is 44.0 Å². The number of hydrogen-bond acceptors (Lipinski definition) is 9. The Bertz CT molecular complexity index is 2780. The van der Waals surface area contributed by atoms with Crippen LogP contribution in [0.5, 0.6) is 0 Å². The van der Waals surface area contributed by atoms with E-state index < -0.39 is 35.9 Å². The Hall–Kier alpha value is -5.51. The molecule has 0 atom stereocenters. The maximum absolute atomic E-state index is 13.5. The number of anilines is 2. The molecule has 4 aromatic carbocycles. The van der Waals surface area contributed by atoms with E-state index in [9.17, 15) is 34.8 Å².